The Bertz CT molecular complexity index is 1170. The molecule has 0 unspecified atom stereocenters. The SMILES string of the molecule is CC(C)CCn1c(=O)c2ccccc2n(CC(=O)Nc2ccccc2C(C)C)c1=O. The minimum absolute atomic E-state index is 0.159. The van der Waals surface area contributed by atoms with E-state index in [1.165, 1.54) is 9.13 Å². The third kappa shape index (κ3) is 4.53. The Morgan fingerprint density at radius 2 is 1.60 bits per heavy atom. The second-order valence-electron chi connectivity index (χ2n) is 8.32. The van der Waals surface area contributed by atoms with Crippen LogP contribution < -0.4 is 16.6 Å². The van der Waals surface area contributed by atoms with Crippen LogP contribution in [-0.2, 0) is 17.9 Å². The van der Waals surface area contributed by atoms with E-state index in [1.807, 2.05) is 38.1 Å². The van der Waals surface area contributed by atoms with Gasteiger partial charge in [-0.3, -0.25) is 18.7 Å². The van der Waals surface area contributed by atoms with Crippen molar-refractivity contribution in [2.75, 3.05) is 5.32 Å². The number of carbonyl (C=O) groups excluding carboxylic acids is 1. The average Bonchev–Trinajstić information content (AvgIpc) is 2.71. The van der Waals surface area contributed by atoms with E-state index >= 15 is 0 Å². The molecule has 0 aliphatic carbocycles. The van der Waals surface area contributed by atoms with Crippen LogP contribution in [0.5, 0.6) is 0 Å². The van der Waals surface area contributed by atoms with Gasteiger partial charge in [0, 0.05) is 12.2 Å². The second kappa shape index (κ2) is 9.11. The topological polar surface area (TPSA) is 73.1 Å². The third-order valence-electron chi connectivity index (χ3n) is 5.22. The molecular formula is C24H29N3O3. The first kappa shape index (κ1) is 21.6. The van der Waals surface area contributed by atoms with Crippen molar-refractivity contribution in [2.45, 2.75) is 53.1 Å². The number of nitrogens with zero attached hydrogens (tertiary/aromatic N) is 2. The van der Waals surface area contributed by atoms with Crippen LogP contribution in [0, 0.1) is 5.92 Å². The zero-order chi connectivity index (χ0) is 21.8. The summed E-state index contributed by atoms with van der Waals surface area (Å²) in [5, 5.41) is 3.37. The first-order valence-corrected chi connectivity index (χ1v) is 10.4. The number of nitrogens with one attached hydrogen (secondary N) is 1. The number of para-hydroxylation sites is 2. The molecule has 6 heteroatoms. The maximum Gasteiger partial charge on any atom is 0.331 e. The molecule has 0 spiro atoms. The fourth-order valence-electron chi connectivity index (χ4n) is 3.56. The first-order chi connectivity index (χ1) is 14.3. The first-order valence-electron chi connectivity index (χ1n) is 10.4. The number of carbonyl (C=O) groups is 1. The molecule has 0 atom stereocenters. The lowest BCUT2D eigenvalue weighted by Gasteiger charge is -2.16. The minimum Gasteiger partial charge on any atom is -0.324 e. The number of hydrogen-bond acceptors (Lipinski definition) is 3. The normalized spacial score (nSPS) is 11.4. The molecule has 6 nitrogen and oxygen atoms in total. The van der Waals surface area contributed by atoms with Gasteiger partial charge in [0.2, 0.25) is 5.91 Å². The molecule has 0 aliphatic rings. The van der Waals surface area contributed by atoms with Crippen LogP contribution in [0.3, 0.4) is 0 Å². The smallest absolute Gasteiger partial charge is 0.324 e. The van der Waals surface area contributed by atoms with Gasteiger partial charge in [0.15, 0.2) is 0 Å². The summed E-state index contributed by atoms with van der Waals surface area (Å²) in [5.74, 6) is 0.305. The van der Waals surface area contributed by atoms with E-state index in [0.717, 1.165) is 11.3 Å². The number of aromatic nitrogens is 2. The molecule has 3 aromatic rings. The van der Waals surface area contributed by atoms with Crippen molar-refractivity contribution >= 4 is 22.5 Å². The standard InChI is InChI=1S/C24H29N3O3/c1-16(2)13-14-26-23(29)19-10-6-8-12-21(19)27(24(26)30)15-22(28)25-20-11-7-5-9-18(20)17(3)4/h5-12,16-17H,13-15H2,1-4H3,(H,25,28). The summed E-state index contributed by atoms with van der Waals surface area (Å²) in [6.07, 6.45) is 0.710. The highest BCUT2D eigenvalue weighted by Crippen LogP contribution is 2.23. The monoisotopic (exact) mass is 407 g/mol. The van der Waals surface area contributed by atoms with E-state index in [9.17, 15) is 14.4 Å². The fourth-order valence-corrected chi connectivity index (χ4v) is 3.56. The Kier molecular flexibility index (Phi) is 6.55. The fraction of sp³-hybridized carbons (Fsp3) is 0.375. The van der Waals surface area contributed by atoms with Crippen molar-refractivity contribution in [3.63, 3.8) is 0 Å². The molecule has 0 bridgehead atoms. The summed E-state index contributed by atoms with van der Waals surface area (Å²) in [5.41, 5.74) is 1.48. The van der Waals surface area contributed by atoms with Gasteiger partial charge in [0.25, 0.3) is 5.56 Å². The van der Waals surface area contributed by atoms with Crippen LogP contribution >= 0.6 is 0 Å². The van der Waals surface area contributed by atoms with Crippen molar-refractivity contribution in [1.82, 2.24) is 9.13 Å². The van der Waals surface area contributed by atoms with Crippen LogP contribution in [0.25, 0.3) is 10.9 Å². The summed E-state index contributed by atoms with van der Waals surface area (Å²) in [4.78, 5) is 38.8. The second-order valence-corrected chi connectivity index (χ2v) is 8.32. The predicted octanol–water partition coefficient (Wildman–Crippen LogP) is 3.97. The highest BCUT2D eigenvalue weighted by molar-refractivity contribution is 5.92. The lowest BCUT2D eigenvalue weighted by Crippen LogP contribution is -2.42. The van der Waals surface area contributed by atoms with Gasteiger partial charge in [0.1, 0.15) is 6.54 Å². The van der Waals surface area contributed by atoms with Crippen molar-refractivity contribution in [3.8, 4) is 0 Å². The molecule has 1 amide bonds. The van der Waals surface area contributed by atoms with E-state index in [2.05, 4.69) is 19.2 Å². The summed E-state index contributed by atoms with van der Waals surface area (Å²) in [6, 6.07) is 14.6. The predicted molar refractivity (Wildman–Crippen MR) is 121 cm³/mol. The van der Waals surface area contributed by atoms with Crippen molar-refractivity contribution in [1.29, 1.82) is 0 Å². The van der Waals surface area contributed by atoms with Gasteiger partial charge in [-0.2, -0.15) is 0 Å². The van der Waals surface area contributed by atoms with Crippen LogP contribution in [0.4, 0.5) is 5.69 Å². The Hall–Kier alpha value is -3.15. The van der Waals surface area contributed by atoms with E-state index in [0.29, 0.717) is 29.8 Å². The van der Waals surface area contributed by atoms with Crippen molar-refractivity contribution < 1.29 is 4.79 Å². The molecule has 3 rings (SSSR count). The molecule has 0 aliphatic heterocycles. The quantitative estimate of drug-likeness (QED) is 0.644. The molecule has 158 valence electrons. The van der Waals surface area contributed by atoms with E-state index < -0.39 is 5.69 Å². The number of anilines is 1. The third-order valence-corrected chi connectivity index (χ3v) is 5.22. The summed E-state index contributed by atoms with van der Waals surface area (Å²) >= 11 is 0. The highest BCUT2D eigenvalue weighted by atomic mass is 16.2. The number of amides is 1. The molecule has 1 N–H and O–H groups in total. The summed E-state index contributed by atoms with van der Waals surface area (Å²) in [7, 11) is 0. The van der Waals surface area contributed by atoms with Crippen molar-refractivity contribution in [3.05, 3.63) is 74.9 Å². The molecular weight excluding hydrogens is 378 g/mol. The Morgan fingerprint density at radius 3 is 2.30 bits per heavy atom. The van der Waals surface area contributed by atoms with E-state index in [4.69, 9.17) is 0 Å². The van der Waals surface area contributed by atoms with Crippen LogP contribution in [0.2, 0.25) is 0 Å². The zero-order valence-corrected chi connectivity index (χ0v) is 18.0. The molecule has 0 radical (unpaired) electrons. The lowest BCUT2D eigenvalue weighted by atomic mass is 10.0. The Morgan fingerprint density at radius 1 is 0.933 bits per heavy atom. The van der Waals surface area contributed by atoms with Crippen molar-refractivity contribution in [2.24, 2.45) is 5.92 Å². The molecule has 2 aromatic carbocycles. The van der Waals surface area contributed by atoms with Gasteiger partial charge in [0.05, 0.1) is 10.9 Å². The molecule has 1 aromatic heterocycles. The zero-order valence-electron chi connectivity index (χ0n) is 18.0. The van der Waals surface area contributed by atoms with Gasteiger partial charge in [-0.25, -0.2) is 4.79 Å². The molecule has 30 heavy (non-hydrogen) atoms. The van der Waals surface area contributed by atoms with Gasteiger partial charge >= 0.3 is 5.69 Å². The van der Waals surface area contributed by atoms with Gasteiger partial charge in [-0.05, 0) is 42.0 Å². The number of hydrogen-bond donors (Lipinski definition) is 1. The van der Waals surface area contributed by atoms with Crippen LogP contribution in [0.15, 0.2) is 58.1 Å². The summed E-state index contributed by atoms with van der Waals surface area (Å²) < 4.78 is 2.64. The van der Waals surface area contributed by atoms with Gasteiger partial charge in [-0.1, -0.05) is 58.0 Å². The van der Waals surface area contributed by atoms with E-state index in [-0.39, 0.29) is 23.9 Å². The summed E-state index contributed by atoms with van der Waals surface area (Å²) in [6.45, 7) is 8.39. The van der Waals surface area contributed by atoms with Crippen LogP contribution in [0.1, 0.15) is 45.6 Å². The molecule has 0 saturated carbocycles. The molecule has 0 fully saturated rings. The molecule has 0 saturated heterocycles. The Balaban J connectivity index is 2.00. The number of fused-ring (bicyclic) bond motifs is 1. The lowest BCUT2D eigenvalue weighted by molar-refractivity contribution is -0.116. The van der Waals surface area contributed by atoms with Crippen LogP contribution in [-0.4, -0.2) is 15.0 Å². The average molecular weight is 408 g/mol. The Labute approximate surface area is 176 Å². The van der Waals surface area contributed by atoms with Gasteiger partial charge in [-0.15, -0.1) is 0 Å². The maximum atomic E-state index is 13.1. The number of benzene rings is 2. The number of rotatable bonds is 7. The van der Waals surface area contributed by atoms with Gasteiger partial charge < -0.3 is 5.32 Å². The molecule has 1 heterocycles. The maximum absolute atomic E-state index is 13.1. The van der Waals surface area contributed by atoms with E-state index in [1.54, 1.807) is 24.3 Å². The highest BCUT2D eigenvalue weighted by Gasteiger charge is 2.16. The largest absolute Gasteiger partial charge is 0.331 e. The minimum atomic E-state index is -0.452.